The quantitative estimate of drug-likeness (QED) is 0.788. The lowest BCUT2D eigenvalue weighted by Crippen LogP contribution is -2.17. The van der Waals surface area contributed by atoms with E-state index in [1.165, 1.54) is 18.4 Å². The molecular weight excluding hydrogens is 194 g/mol. The third kappa shape index (κ3) is 1.94. The molecular formula is C12H16ClN. The molecule has 0 aliphatic carbocycles. The summed E-state index contributed by atoms with van der Waals surface area (Å²) in [5.41, 5.74) is 1.37. The Balaban J connectivity index is 2.17. The van der Waals surface area contributed by atoms with Crippen molar-refractivity contribution in [1.82, 2.24) is 5.32 Å². The van der Waals surface area contributed by atoms with Crippen molar-refractivity contribution in [3.8, 4) is 0 Å². The van der Waals surface area contributed by atoms with Gasteiger partial charge in [-0.1, -0.05) is 37.1 Å². The van der Waals surface area contributed by atoms with Crippen LogP contribution in [0, 0.1) is 5.92 Å². The molecule has 1 heterocycles. The van der Waals surface area contributed by atoms with Crippen molar-refractivity contribution in [2.24, 2.45) is 5.92 Å². The minimum atomic E-state index is 0.539. The molecule has 0 saturated carbocycles. The summed E-state index contributed by atoms with van der Waals surface area (Å²) in [6, 6.07) is 8.76. The Hall–Kier alpha value is -0.530. The molecule has 2 rings (SSSR count). The van der Waals surface area contributed by atoms with E-state index in [0.717, 1.165) is 17.5 Å². The van der Waals surface area contributed by atoms with Gasteiger partial charge in [-0.15, -0.1) is 0 Å². The van der Waals surface area contributed by atoms with Gasteiger partial charge in [-0.2, -0.15) is 0 Å². The van der Waals surface area contributed by atoms with Crippen LogP contribution in [0.4, 0.5) is 0 Å². The summed E-state index contributed by atoms with van der Waals surface area (Å²) >= 11 is 5.87. The van der Waals surface area contributed by atoms with Crippen LogP contribution in [-0.4, -0.2) is 6.54 Å². The number of rotatable bonds is 2. The second-order valence-electron chi connectivity index (χ2n) is 3.94. The van der Waals surface area contributed by atoms with Gasteiger partial charge in [0.15, 0.2) is 0 Å². The smallest absolute Gasteiger partial charge is 0.0406 e. The van der Waals surface area contributed by atoms with E-state index in [1.807, 2.05) is 12.1 Å². The van der Waals surface area contributed by atoms with Gasteiger partial charge in [-0.3, -0.25) is 0 Å². The van der Waals surface area contributed by atoms with Crippen LogP contribution in [0.5, 0.6) is 0 Å². The predicted molar refractivity (Wildman–Crippen MR) is 60.6 cm³/mol. The van der Waals surface area contributed by atoms with Crippen LogP contribution in [0.1, 0.15) is 31.4 Å². The van der Waals surface area contributed by atoms with Crippen LogP contribution in [0.25, 0.3) is 0 Å². The molecule has 1 N–H and O–H groups in total. The molecule has 1 fully saturated rings. The van der Waals surface area contributed by atoms with Gasteiger partial charge in [0, 0.05) is 11.1 Å². The Bertz CT molecular complexity index is 294. The second-order valence-corrected chi connectivity index (χ2v) is 4.38. The first-order valence-electron chi connectivity index (χ1n) is 5.30. The fraction of sp³-hybridized carbons (Fsp3) is 0.500. The van der Waals surface area contributed by atoms with E-state index in [4.69, 9.17) is 11.6 Å². The summed E-state index contributed by atoms with van der Waals surface area (Å²) in [6.07, 6.45) is 2.55. The lowest BCUT2D eigenvalue weighted by Gasteiger charge is -2.18. The van der Waals surface area contributed by atoms with Gasteiger partial charge in [-0.25, -0.2) is 0 Å². The first-order valence-corrected chi connectivity index (χ1v) is 5.68. The molecule has 1 aliphatic heterocycles. The van der Waals surface area contributed by atoms with Crippen molar-refractivity contribution in [3.63, 3.8) is 0 Å². The minimum absolute atomic E-state index is 0.539. The number of nitrogens with one attached hydrogen (secondary N) is 1. The van der Waals surface area contributed by atoms with Gasteiger partial charge >= 0.3 is 0 Å². The van der Waals surface area contributed by atoms with Crippen LogP contribution in [0.3, 0.4) is 0 Å². The van der Waals surface area contributed by atoms with Crippen molar-refractivity contribution in [3.05, 3.63) is 34.9 Å². The van der Waals surface area contributed by atoms with Gasteiger partial charge in [-0.05, 0) is 36.6 Å². The first kappa shape index (κ1) is 10.0. The fourth-order valence-corrected chi connectivity index (χ4v) is 2.38. The maximum absolute atomic E-state index is 5.87. The molecule has 0 radical (unpaired) electrons. The molecule has 1 aromatic rings. The van der Waals surface area contributed by atoms with E-state index >= 15 is 0 Å². The van der Waals surface area contributed by atoms with Crippen LogP contribution in [0.2, 0.25) is 5.02 Å². The lowest BCUT2D eigenvalue weighted by atomic mass is 9.92. The predicted octanol–water partition coefficient (Wildman–Crippen LogP) is 3.40. The number of halogens is 1. The van der Waals surface area contributed by atoms with Crippen molar-refractivity contribution in [1.29, 1.82) is 0 Å². The number of benzene rings is 1. The molecule has 76 valence electrons. The zero-order chi connectivity index (χ0) is 9.97. The van der Waals surface area contributed by atoms with Crippen molar-refractivity contribution >= 4 is 11.6 Å². The van der Waals surface area contributed by atoms with Gasteiger partial charge in [0.05, 0.1) is 0 Å². The molecule has 0 aromatic heterocycles. The summed E-state index contributed by atoms with van der Waals surface area (Å²) in [4.78, 5) is 0. The Kier molecular flexibility index (Phi) is 3.09. The van der Waals surface area contributed by atoms with E-state index in [9.17, 15) is 0 Å². The molecule has 14 heavy (non-hydrogen) atoms. The first-order chi connectivity index (χ1) is 6.81. The highest BCUT2D eigenvalue weighted by Crippen LogP contribution is 2.32. The second kappa shape index (κ2) is 4.33. The number of hydrogen-bond donors (Lipinski definition) is 1. The van der Waals surface area contributed by atoms with E-state index in [1.54, 1.807) is 0 Å². The van der Waals surface area contributed by atoms with E-state index in [2.05, 4.69) is 24.4 Å². The molecule has 2 heteroatoms. The SMILES string of the molecule is CCC1CCNC1c1ccc(Cl)cc1. The highest BCUT2D eigenvalue weighted by molar-refractivity contribution is 6.30. The molecule has 0 amide bonds. The average Bonchev–Trinajstić information content (AvgIpc) is 2.67. The molecule has 1 saturated heterocycles. The average molecular weight is 210 g/mol. The summed E-state index contributed by atoms with van der Waals surface area (Å²) in [5.74, 6) is 0.788. The molecule has 0 bridgehead atoms. The normalized spacial score (nSPS) is 26.7. The zero-order valence-electron chi connectivity index (χ0n) is 8.46. The zero-order valence-corrected chi connectivity index (χ0v) is 9.22. The summed E-state index contributed by atoms with van der Waals surface area (Å²) < 4.78 is 0. The van der Waals surface area contributed by atoms with Gasteiger partial charge in [0.25, 0.3) is 0 Å². The van der Waals surface area contributed by atoms with E-state index in [0.29, 0.717) is 6.04 Å². The lowest BCUT2D eigenvalue weighted by molar-refractivity contribution is 0.449. The third-order valence-electron chi connectivity index (χ3n) is 3.10. The fourth-order valence-electron chi connectivity index (χ4n) is 2.26. The molecule has 1 nitrogen and oxygen atoms in total. The van der Waals surface area contributed by atoms with Crippen molar-refractivity contribution < 1.29 is 0 Å². The van der Waals surface area contributed by atoms with E-state index in [-0.39, 0.29) is 0 Å². The Morgan fingerprint density at radius 3 is 2.71 bits per heavy atom. The van der Waals surface area contributed by atoms with Crippen LogP contribution in [0.15, 0.2) is 24.3 Å². The third-order valence-corrected chi connectivity index (χ3v) is 3.36. The monoisotopic (exact) mass is 209 g/mol. The topological polar surface area (TPSA) is 12.0 Å². The largest absolute Gasteiger partial charge is 0.310 e. The Labute approximate surface area is 90.5 Å². The maximum atomic E-state index is 5.87. The summed E-state index contributed by atoms with van der Waals surface area (Å²) in [7, 11) is 0. The van der Waals surface area contributed by atoms with Crippen molar-refractivity contribution in [2.45, 2.75) is 25.8 Å². The maximum Gasteiger partial charge on any atom is 0.0406 e. The minimum Gasteiger partial charge on any atom is -0.310 e. The molecule has 1 aromatic carbocycles. The van der Waals surface area contributed by atoms with Crippen LogP contribution >= 0.6 is 11.6 Å². The highest BCUT2D eigenvalue weighted by Gasteiger charge is 2.26. The summed E-state index contributed by atoms with van der Waals surface area (Å²) in [6.45, 7) is 3.41. The van der Waals surface area contributed by atoms with Gasteiger partial charge in [0.2, 0.25) is 0 Å². The standard InChI is InChI=1S/C12H16ClN/c1-2-9-7-8-14-12(9)10-3-5-11(13)6-4-10/h3-6,9,12,14H,2,7-8H2,1H3. The molecule has 2 atom stereocenters. The Morgan fingerprint density at radius 1 is 1.36 bits per heavy atom. The number of hydrogen-bond acceptors (Lipinski definition) is 1. The molecule has 2 unspecified atom stereocenters. The summed E-state index contributed by atoms with van der Waals surface area (Å²) in [5, 5.41) is 4.37. The van der Waals surface area contributed by atoms with Gasteiger partial charge in [0.1, 0.15) is 0 Å². The van der Waals surface area contributed by atoms with Crippen LogP contribution in [-0.2, 0) is 0 Å². The van der Waals surface area contributed by atoms with Crippen molar-refractivity contribution in [2.75, 3.05) is 6.54 Å². The Morgan fingerprint density at radius 2 is 2.07 bits per heavy atom. The van der Waals surface area contributed by atoms with Crippen LogP contribution < -0.4 is 5.32 Å². The van der Waals surface area contributed by atoms with Gasteiger partial charge < -0.3 is 5.32 Å². The van der Waals surface area contributed by atoms with E-state index < -0.39 is 0 Å². The molecule has 1 aliphatic rings. The molecule has 0 spiro atoms. The highest BCUT2D eigenvalue weighted by atomic mass is 35.5.